The fourth-order valence-electron chi connectivity index (χ4n) is 1.56. The summed E-state index contributed by atoms with van der Waals surface area (Å²) >= 11 is 0. The zero-order chi connectivity index (χ0) is 14.2. The molecule has 0 unspecified atom stereocenters. The number of nitrogens with one attached hydrogen (secondary N) is 2. The molecule has 2 aromatic heterocycles. The van der Waals surface area contributed by atoms with Crippen molar-refractivity contribution in [3.63, 3.8) is 0 Å². The second-order valence-electron chi connectivity index (χ2n) is 4.00. The maximum Gasteiger partial charge on any atom is 0.137 e. The zero-order valence-corrected chi connectivity index (χ0v) is 10.8. The number of benzene rings is 1. The fourth-order valence-corrected chi connectivity index (χ4v) is 1.56. The van der Waals surface area contributed by atoms with E-state index in [-0.39, 0.29) is 13.2 Å². The van der Waals surface area contributed by atoms with E-state index in [1.54, 1.807) is 12.4 Å². The number of imidazole rings is 2. The minimum absolute atomic E-state index is 0.0245. The summed E-state index contributed by atoms with van der Waals surface area (Å²) in [7, 11) is 0. The number of aromatic nitrogens is 4. The Morgan fingerprint density at radius 3 is 2.30 bits per heavy atom. The summed E-state index contributed by atoms with van der Waals surface area (Å²) in [5, 5.41) is 17.2. The van der Waals surface area contributed by atoms with Crippen LogP contribution in [0.15, 0.2) is 49.1 Å². The maximum absolute atomic E-state index is 8.82. The van der Waals surface area contributed by atoms with Gasteiger partial charge >= 0.3 is 0 Å². The number of aliphatic hydroxyl groups excluding tert-OH is 2. The number of nitrogens with zero attached hydrogens (tertiary/aromatic N) is 2. The van der Waals surface area contributed by atoms with Crippen LogP contribution in [0.25, 0.3) is 11.4 Å². The Morgan fingerprint density at radius 1 is 1.00 bits per heavy atom. The van der Waals surface area contributed by atoms with Crippen molar-refractivity contribution < 1.29 is 10.2 Å². The molecular formula is C14H16N4O2. The number of aromatic amines is 2. The summed E-state index contributed by atoms with van der Waals surface area (Å²) in [6.07, 6.45) is 4.83. The molecule has 6 nitrogen and oxygen atoms in total. The summed E-state index contributed by atoms with van der Waals surface area (Å²) in [6.45, 7) is 0.0172. The highest BCUT2D eigenvalue weighted by atomic mass is 16.3. The van der Waals surface area contributed by atoms with Crippen molar-refractivity contribution in [2.24, 2.45) is 0 Å². The molecule has 0 radical (unpaired) electrons. The van der Waals surface area contributed by atoms with Crippen LogP contribution in [0, 0.1) is 0 Å². The van der Waals surface area contributed by atoms with Crippen LogP contribution < -0.4 is 0 Å². The predicted molar refractivity (Wildman–Crippen MR) is 74.5 cm³/mol. The SMILES string of the molecule is OCc1c[nH]c(-c2ccccc2)n1.OCc1cnc[nH]1. The first kappa shape index (κ1) is 14.0. The van der Waals surface area contributed by atoms with Crippen LogP contribution in [0.2, 0.25) is 0 Å². The average Bonchev–Trinajstić information content (AvgIpc) is 3.20. The lowest BCUT2D eigenvalue weighted by molar-refractivity contribution is 0.277. The van der Waals surface area contributed by atoms with Gasteiger partial charge in [0.2, 0.25) is 0 Å². The molecule has 0 bridgehead atoms. The number of aliphatic hydroxyl groups is 2. The van der Waals surface area contributed by atoms with Gasteiger partial charge in [0.15, 0.2) is 0 Å². The first-order chi connectivity index (χ1) is 9.83. The van der Waals surface area contributed by atoms with Crippen molar-refractivity contribution in [2.75, 3.05) is 0 Å². The smallest absolute Gasteiger partial charge is 0.137 e. The summed E-state index contributed by atoms with van der Waals surface area (Å²) in [4.78, 5) is 13.6. The van der Waals surface area contributed by atoms with Crippen LogP contribution in [0.3, 0.4) is 0 Å². The monoisotopic (exact) mass is 272 g/mol. The van der Waals surface area contributed by atoms with Gasteiger partial charge in [-0.2, -0.15) is 0 Å². The van der Waals surface area contributed by atoms with E-state index in [1.165, 1.54) is 6.33 Å². The van der Waals surface area contributed by atoms with Gasteiger partial charge in [0, 0.05) is 11.8 Å². The molecule has 104 valence electrons. The van der Waals surface area contributed by atoms with E-state index in [9.17, 15) is 0 Å². The highest BCUT2D eigenvalue weighted by Gasteiger charge is 2.01. The summed E-state index contributed by atoms with van der Waals surface area (Å²) in [6, 6.07) is 9.81. The van der Waals surface area contributed by atoms with Gasteiger partial charge in [-0.25, -0.2) is 9.97 Å². The molecule has 6 heteroatoms. The fraction of sp³-hybridized carbons (Fsp3) is 0.143. The van der Waals surface area contributed by atoms with Gasteiger partial charge in [-0.1, -0.05) is 30.3 Å². The van der Waals surface area contributed by atoms with Crippen LogP contribution in [-0.4, -0.2) is 30.1 Å². The minimum atomic E-state index is -0.0245. The first-order valence-electron chi connectivity index (χ1n) is 6.12. The van der Waals surface area contributed by atoms with Crippen molar-refractivity contribution in [3.05, 3.63) is 60.4 Å². The van der Waals surface area contributed by atoms with Gasteiger partial charge in [0.05, 0.1) is 37.1 Å². The topological polar surface area (TPSA) is 97.8 Å². The van der Waals surface area contributed by atoms with Gasteiger partial charge in [-0.15, -0.1) is 0 Å². The van der Waals surface area contributed by atoms with Gasteiger partial charge in [0.1, 0.15) is 5.82 Å². The lowest BCUT2D eigenvalue weighted by atomic mass is 10.2. The Labute approximate surface area is 116 Å². The van der Waals surface area contributed by atoms with E-state index in [0.717, 1.165) is 17.1 Å². The largest absolute Gasteiger partial charge is 0.390 e. The van der Waals surface area contributed by atoms with Crippen LogP contribution in [-0.2, 0) is 13.2 Å². The lowest BCUT2D eigenvalue weighted by Gasteiger charge is -1.93. The number of hydrogen-bond acceptors (Lipinski definition) is 4. The Hall–Kier alpha value is -2.44. The molecule has 0 saturated carbocycles. The maximum atomic E-state index is 8.82. The summed E-state index contributed by atoms with van der Waals surface area (Å²) in [5.74, 6) is 0.796. The van der Waals surface area contributed by atoms with E-state index in [4.69, 9.17) is 10.2 Å². The third kappa shape index (κ3) is 3.78. The predicted octanol–water partition coefficient (Wildman–Crippen LogP) is 1.47. The zero-order valence-electron chi connectivity index (χ0n) is 10.8. The van der Waals surface area contributed by atoms with Crippen molar-refractivity contribution in [2.45, 2.75) is 13.2 Å². The van der Waals surface area contributed by atoms with Crippen LogP contribution in [0.1, 0.15) is 11.4 Å². The highest BCUT2D eigenvalue weighted by molar-refractivity contribution is 5.54. The normalized spacial score (nSPS) is 9.90. The standard InChI is InChI=1S/C10H10N2O.C4H6N2O/c13-7-9-6-11-10(12-9)8-4-2-1-3-5-8;7-2-4-1-5-3-6-4/h1-6,13H,7H2,(H,11,12);1,3,7H,2H2,(H,5,6). The minimum Gasteiger partial charge on any atom is -0.390 e. The van der Waals surface area contributed by atoms with Crippen LogP contribution in [0.5, 0.6) is 0 Å². The van der Waals surface area contributed by atoms with E-state index in [1.807, 2.05) is 30.3 Å². The van der Waals surface area contributed by atoms with Gasteiger partial charge in [-0.3, -0.25) is 0 Å². The summed E-state index contributed by atoms with van der Waals surface area (Å²) < 4.78 is 0. The molecule has 0 saturated heterocycles. The van der Waals surface area contributed by atoms with Crippen molar-refractivity contribution >= 4 is 0 Å². The second kappa shape index (κ2) is 7.22. The molecule has 0 amide bonds. The van der Waals surface area contributed by atoms with E-state index in [0.29, 0.717) is 5.69 Å². The van der Waals surface area contributed by atoms with Crippen LogP contribution >= 0.6 is 0 Å². The van der Waals surface area contributed by atoms with E-state index in [2.05, 4.69) is 19.9 Å². The molecule has 0 aliphatic heterocycles. The van der Waals surface area contributed by atoms with Gasteiger partial charge in [-0.05, 0) is 0 Å². The number of H-pyrrole nitrogens is 2. The molecule has 0 fully saturated rings. The highest BCUT2D eigenvalue weighted by Crippen LogP contribution is 2.14. The second-order valence-corrected chi connectivity index (χ2v) is 4.00. The lowest BCUT2D eigenvalue weighted by Crippen LogP contribution is -1.82. The molecule has 2 heterocycles. The third-order valence-corrected chi connectivity index (χ3v) is 2.57. The molecule has 0 spiro atoms. The molecule has 0 aliphatic rings. The molecule has 4 N–H and O–H groups in total. The van der Waals surface area contributed by atoms with E-state index >= 15 is 0 Å². The Balaban J connectivity index is 0.000000178. The number of hydrogen-bond donors (Lipinski definition) is 4. The first-order valence-corrected chi connectivity index (χ1v) is 6.12. The average molecular weight is 272 g/mol. The molecule has 3 aromatic rings. The molecular weight excluding hydrogens is 256 g/mol. The molecule has 20 heavy (non-hydrogen) atoms. The van der Waals surface area contributed by atoms with Gasteiger partial charge < -0.3 is 20.2 Å². The molecule has 3 rings (SSSR count). The molecule has 0 aliphatic carbocycles. The van der Waals surface area contributed by atoms with Crippen molar-refractivity contribution in [1.29, 1.82) is 0 Å². The van der Waals surface area contributed by atoms with E-state index < -0.39 is 0 Å². The van der Waals surface area contributed by atoms with Crippen molar-refractivity contribution in [1.82, 2.24) is 19.9 Å². The number of rotatable bonds is 3. The quantitative estimate of drug-likeness (QED) is 0.580. The molecule has 1 aromatic carbocycles. The van der Waals surface area contributed by atoms with Crippen LogP contribution in [0.4, 0.5) is 0 Å². The summed E-state index contributed by atoms with van der Waals surface area (Å²) in [5.41, 5.74) is 2.45. The Bertz CT molecular complexity index is 605. The van der Waals surface area contributed by atoms with Gasteiger partial charge in [0.25, 0.3) is 0 Å². The Kier molecular flexibility index (Phi) is 5.05. The third-order valence-electron chi connectivity index (χ3n) is 2.57. The molecule has 0 atom stereocenters. The van der Waals surface area contributed by atoms with Crippen molar-refractivity contribution in [3.8, 4) is 11.4 Å². The Morgan fingerprint density at radius 2 is 1.80 bits per heavy atom.